The summed E-state index contributed by atoms with van der Waals surface area (Å²) in [6, 6.07) is 11.7. The Labute approximate surface area is 191 Å². The van der Waals surface area contributed by atoms with Gasteiger partial charge in [0.1, 0.15) is 22.1 Å². The van der Waals surface area contributed by atoms with Gasteiger partial charge in [0.05, 0.1) is 26.7 Å². The molecule has 2 aromatic carbocycles. The van der Waals surface area contributed by atoms with Gasteiger partial charge in [0.25, 0.3) is 0 Å². The Morgan fingerprint density at radius 3 is 2.78 bits per heavy atom. The second kappa shape index (κ2) is 8.34. The van der Waals surface area contributed by atoms with Crippen LogP contribution in [0.4, 0.5) is 0 Å². The van der Waals surface area contributed by atoms with Gasteiger partial charge in [-0.05, 0) is 50.6 Å². The molecule has 0 bridgehead atoms. The van der Waals surface area contributed by atoms with Gasteiger partial charge in [-0.1, -0.05) is 32.4 Å². The van der Waals surface area contributed by atoms with Crippen LogP contribution in [-0.4, -0.2) is 27.6 Å². The molecule has 1 unspecified atom stereocenters. The van der Waals surface area contributed by atoms with E-state index in [1.165, 1.54) is 17.8 Å². The number of aromatic hydroxyl groups is 1. The molecule has 3 heterocycles. The largest absolute Gasteiger partial charge is 0.507 e. The minimum Gasteiger partial charge on any atom is -0.507 e. The number of fused-ring (bicyclic) bond motifs is 2. The standard InChI is InChI=1S/C26H28N2O3S/c1-15(2)24-22(26-27-19-9-4-5-10-21(19)32-26)23(30)17-11-12-20(29)18(25(17)31-24)14-28-13-7-6-8-16(28)3/h4-5,9-12,15-16,29H,6-8,13-14H2,1-3H3. The number of thiazole rings is 1. The molecule has 32 heavy (non-hydrogen) atoms. The third-order valence-electron chi connectivity index (χ3n) is 6.50. The van der Waals surface area contributed by atoms with E-state index >= 15 is 0 Å². The predicted molar refractivity (Wildman–Crippen MR) is 131 cm³/mol. The normalized spacial score (nSPS) is 17.6. The third kappa shape index (κ3) is 3.61. The molecule has 5 rings (SSSR count). The zero-order valence-electron chi connectivity index (χ0n) is 18.7. The Kier molecular flexibility index (Phi) is 5.51. The van der Waals surface area contributed by atoms with E-state index in [2.05, 4.69) is 11.8 Å². The molecule has 4 aromatic rings. The maximum absolute atomic E-state index is 13.8. The highest BCUT2D eigenvalue weighted by atomic mass is 32.1. The van der Waals surface area contributed by atoms with Gasteiger partial charge in [-0.3, -0.25) is 9.69 Å². The van der Waals surface area contributed by atoms with Crippen LogP contribution in [0.3, 0.4) is 0 Å². The summed E-state index contributed by atoms with van der Waals surface area (Å²) in [7, 11) is 0. The van der Waals surface area contributed by atoms with Crippen LogP contribution in [0.1, 0.15) is 57.3 Å². The summed E-state index contributed by atoms with van der Waals surface area (Å²) in [5, 5.41) is 11.9. The molecule has 1 aliphatic rings. The Morgan fingerprint density at radius 2 is 2.03 bits per heavy atom. The number of likely N-dealkylation sites (tertiary alicyclic amines) is 1. The van der Waals surface area contributed by atoms with Crippen molar-refractivity contribution in [2.45, 2.75) is 58.5 Å². The summed E-state index contributed by atoms with van der Waals surface area (Å²) < 4.78 is 7.50. The van der Waals surface area contributed by atoms with E-state index in [9.17, 15) is 9.90 Å². The minimum absolute atomic E-state index is 0.00165. The van der Waals surface area contributed by atoms with Crippen LogP contribution in [0.15, 0.2) is 45.6 Å². The lowest BCUT2D eigenvalue weighted by molar-refractivity contribution is 0.151. The molecule has 6 heteroatoms. The number of benzene rings is 2. The van der Waals surface area contributed by atoms with E-state index < -0.39 is 0 Å². The second-order valence-electron chi connectivity index (χ2n) is 9.07. The van der Waals surface area contributed by atoms with Crippen LogP contribution in [0.5, 0.6) is 5.75 Å². The number of nitrogens with zero attached hydrogens (tertiary/aromatic N) is 2. The van der Waals surface area contributed by atoms with E-state index in [1.807, 2.05) is 38.1 Å². The van der Waals surface area contributed by atoms with Crippen molar-refractivity contribution in [3.8, 4) is 16.3 Å². The molecule has 0 saturated carbocycles. The quantitative estimate of drug-likeness (QED) is 0.398. The lowest BCUT2D eigenvalue weighted by atomic mass is 9.99. The molecule has 1 atom stereocenters. The number of para-hydroxylation sites is 1. The van der Waals surface area contributed by atoms with Crippen molar-refractivity contribution in [1.29, 1.82) is 0 Å². The maximum atomic E-state index is 13.8. The first-order valence-electron chi connectivity index (χ1n) is 11.4. The molecule has 0 aliphatic carbocycles. The first-order chi connectivity index (χ1) is 15.4. The molecular weight excluding hydrogens is 420 g/mol. The summed E-state index contributed by atoms with van der Waals surface area (Å²) in [5.41, 5.74) is 2.54. The lowest BCUT2D eigenvalue weighted by Crippen LogP contribution is -2.36. The highest BCUT2D eigenvalue weighted by Gasteiger charge is 2.26. The van der Waals surface area contributed by atoms with Gasteiger partial charge >= 0.3 is 0 Å². The van der Waals surface area contributed by atoms with Crippen LogP contribution in [-0.2, 0) is 6.54 Å². The number of piperidine rings is 1. The van der Waals surface area contributed by atoms with Crippen molar-refractivity contribution in [2.75, 3.05) is 6.54 Å². The highest BCUT2D eigenvalue weighted by Crippen LogP contribution is 2.37. The first kappa shape index (κ1) is 21.2. The average molecular weight is 449 g/mol. The predicted octanol–water partition coefficient (Wildman–Crippen LogP) is 6.27. The van der Waals surface area contributed by atoms with Gasteiger partial charge in [0.15, 0.2) is 0 Å². The molecule has 166 valence electrons. The van der Waals surface area contributed by atoms with Gasteiger partial charge in [-0.2, -0.15) is 0 Å². The number of hydrogen-bond acceptors (Lipinski definition) is 6. The van der Waals surface area contributed by atoms with E-state index in [1.54, 1.807) is 12.1 Å². The van der Waals surface area contributed by atoms with Crippen molar-refractivity contribution in [1.82, 2.24) is 9.88 Å². The molecule has 2 aromatic heterocycles. The molecule has 0 amide bonds. The van der Waals surface area contributed by atoms with Crippen LogP contribution >= 0.6 is 11.3 Å². The van der Waals surface area contributed by atoms with Crippen LogP contribution < -0.4 is 5.43 Å². The smallest absolute Gasteiger partial charge is 0.203 e. The van der Waals surface area contributed by atoms with Gasteiger partial charge in [0.2, 0.25) is 5.43 Å². The number of phenolic OH excluding ortho intramolecular Hbond substituents is 1. The summed E-state index contributed by atoms with van der Waals surface area (Å²) in [6.45, 7) is 7.84. The summed E-state index contributed by atoms with van der Waals surface area (Å²) in [6.07, 6.45) is 3.53. The summed E-state index contributed by atoms with van der Waals surface area (Å²) in [4.78, 5) is 20.9. The van der Waals surface area contributed by atoms with E-state index in [4.69, 9.17) is 9.40 Å². The lowest BCUT2D eigenvalue weighted by Gasteiger charge is -2.33. The molecule has 1 aliphatic heterocycles. The van der Waals surface area contributed by atoms with Crippen molar-refractivity contribution in [3.63, 3.8) is 0 Å². The van der Waals surface area contributed by atoms with Crippen molar-refractivity contribution < 1.29 is 9.52 Å². The Bertz CT molecular complexity index is 1320. The van der Waals surface area contributed by atoms with Crippen molar-refractivity contribution in [3.05, 3.63) is 57.9 Å². The zero-order chi connectivity index (χ0) is 22.4. The Balaban J connectivity index is 1.72. The fraction of sp³-hybridized carbons (Fsp3) is 0.385. The third-order valence-corrected chi connectivity index (χ3v) is 7.55. The number of phenols is 1. The molecular formula is C26H28N2O3S. The van der Waals surface area contributed by atoms with E-state index in [0.29, 0.717) is 45.5 Å². The molecule has 0 radical (unpaired) electrons. The van der Waals surface area contributed by atoms with E-state index in [0.717, 1.165) is 29.6 Å². The van der Waals surface area contributed by atoms with Gasteiger partial charge in [-0.15, -0.1) is 11.3 Å². The number of aromatic nitrogens is 1. The van der Waals surface area contributed by atoms with Crippen LogP contribution in [0.25, 0.3) is 31.8 Å². The van der Waals surface area contributed by atoms with Gasteiger partial charge < -0.3 is 9.52 Å². The average Bonchev–Trinajstić information content (AvgIpc) is 3.20. The first-order valence-corrected chi connectivity index (χ1v) is 12.2. The zero-order valence-corrected chi connectivity index (χ0v) is 19.5. The Morgan fingerprint density at radius 1 is 1.22 bits per heavy atom. The topological polar surface area (TPSA) is 66.6 Å². The molecule has 1 N–H and O–H groups in total. The van der Waals surface area contributed by atoms with E-state index in [-0.39, 0.29) is 17.1 Å². The van der Waals surface area contributed by atoms with Crippen LogP contribution in [0.2, 0.25) is 0 Å². The number of rotatable bonds is 4. The van der Waals surface area contributed by atoms with Gasteiger partial charge in [-0.25, -0.2) is 4.98 Å². The fourth-order valence-electron chi connectivity index (χ4n) is 4.66. The fourth-order valence-corrected chi connectivity index (χ4v) is 5.67. The Hall–Kier alpha value is -2.70. The summed E-state index contributed by atoms with van der Waals surface area (Å²) >= 11 is 1.51. The summed E-state index contributed by atoms with van der Waals surface area (Å²) in [5.74, 6) is 0.805. The minimum atomic E-state index is -0.0815. The monoisotopic (exact) mass is 448 g/mol. The molecule has 1 fully saturated rings. The highest BCUT2D eigenvalue weighted by molar-refractivity contribution is 7.21. The van der Waals surface area contributed by atoms with Crippen LogP contribution in [0, 0.1) is 0 Å². The second-order valence-corrected chi connectivity index (χ2v) is 10.1. The van der Waals surface area contributed by atoms with Gasteiger partial charge in [0, 0.05) is 18.5 Å². The van der Waals surface area contributed by atoms with Crippen molar-refractivity contribution in [2.24, 2.45) is 0 Å². The maximum Gasteiger partial charge on any atom is 0.203 e. The SMILES string of the molecule is CC(C)c1oc2c(CN3CCCCC3C)c(O)ccc2c(=O)c1-c1nc2ccccc2s1. The number of hydrogen-bond donors (Lipinski definition) is 1. The molecule has 1 saturated heterocycles. The molecule has 5 nitrogen and oxygen atoms in total. The van der Waals surface area contributed by atoms with Crippen molar-refractivity contribution >= 4 is 32.5 Å². The molecule has 0 spiro atoms.